The fourth-order valence-electron chi connectivity index (χ4n) is 2.15. The van der Waals surface area contributed by atoms with Crippen LogP contribution in [-0.2, 0) is 6.42 Å². The quantitative estimate of drug-likeness (QED) is 0.917. The Kier molecular flexibility index (Phi) is 4.00. The molecule has 2 rings (SSSR count). The number of hydrogen-bond acceptors (Lipinski definition) is 3. The van der Waals surface area contributed by atoms with Gasteiger partial charge in [-0.3, -0.25) is 4.79 Å². The Morgan fingerprint density at radius 2 is 2.16 bits per heavy atom. The number of nitrogens with zero attached hydrogens (tertiary/aromatic N) is 1. The number of nitrogens with one attached hydrogen (secondary N) is 1. The van der Waals surface area contributed by atoms with Crippen LogP contribution in [0, 0.1) is 6.92 Å². The van der Waals surface area contributed by atoms with Crippen molar-refractivity contribution in [2.45, 2.75) is 26.7 Å². The summed E-state index contributed by atoms with van der Waals surface area (Å²) in [6.07, 6.45) is 3.05. The molecule has 0 saturated heterocycles. The average molecular weight is 258 g/mol. The van der Waals surface area contributed by atoms with Crippen LogP contribution in [0.3, 0.4) is 0 Å². The minimum Gasteiger partial charge on any atom is -0.496 e. The van der Waals surface area contributed by atoms with Crippen LogP contribution < -0.4 is 10.3 Å². The van der Waals surface area contributed by atoms with E-state index in [4.69, 9.17) is 4.74 Å². The highest BCUT2D eigenvalue weighted by Gasteiger charge is 2.14. The minimum atomic E-state index is -0.0737. The topological polar surface area (TPSA) is 55.0 Å². The Morgan fingerprint density at radius 3 is 2.84 bits per heavy atom. The molecule has 0 atom stereocenters. The fraction of sp³-hybridized carbons (Fsp3) is 0.333. The lowest BCUT2D eigenvalue weighted by atomic mass is 10.0. The number of benzene rings is 1. The molecule has 0 spiro atoms. The van der Waals surface area contributed by atoms with Gasteiger partial charge in [-0.15, -0.1) is 0 Å². The van der Waals surface area contributed by atoms with Crippen molar-refractivity contribution in [3.8, 4) is 17.0 Å². The van der Waals surface area contributed by atoms with Gasteiger partial charge < -0.3 is 9.72 Å². The molecule has 4 nitrogen and oxygen atoms in total. The number of aromatic nitrogens is 2. The zero-order valence-corrected chi connectivity index (χ0v) is 11.5. The lowest BCUT2D eigenvalue weighted by molar-refractivity contribution is 0.416. The van der Waals surface area contributed by atoms with Gasteiger partial charge in [0.25, 0.3) is 5.56 Å². The van der Waals surface area contributed by atoms with Crippen LogP contribution in [0.1, 0.15) is 24.5 Å². The number of hydrogen-bond donors (Lipinski definition) is 1. The van der Waals surface area contributed by atoms with E-state index in [2.05, 4.69) is 9.97 Å². The first kappa shape index (κ1) is 13.3. The van der Waals surface area contributed by atoms with E-state index < -0.39 is 0 Å². The predicted octanol–water partition coefficient (Wildman–Crippen LogP) is 2.71. The minimum absolute atomic E-state index is 0.0737. The Bertz CT molecular complexity index is 632. The molecular formula is C15H18N2O2. The third-order valence-electron chi connectivity index (χ3n) is 3.06. The number of aryl methyl sites for hydroxylation is 1. The third kappa shape index (κ3) is 2.67. The monoisotopic (exact) mass is 258 g/mol. The maximum Gasteiger partial charge on any atom is 0.254 e. The molecule has 0 unspecified atom stereocenters. The predicted molar refractivity (Wildman–Crippen MR) is 75.6 cm³/mol. The summed E-state index contributed by atoms with van der Waals surface area (Å²) in [5.74, 6) is 0.737. The second-order valence-corrected chi connectivity index (χ2v) is 4.51. The van der Waals surface area contributed by atoms with Crippen molar-refractivity contribution in [2.24, 2.45) is 0 Å². The second-order valence-electron chi connectivity index (χ2n) is 4.51. The molecule has 1 N–H and O–H groups in total. The van der Waals surface area contributed by atoms with E-state index in [1.165, 1.54) is 6.33 Å². The maximum absolute atomic E-state index is 12.0. The van der Waals surface area contributed by atoms with Gasteiger partial charge in [0, 0.05) is 11.1 Å². The van der Waals surface area contributed by atoms with Crippen LogP contribution in [0.25, 0.3) is 11.3 Å². The molecule has 0 aliphatic rings. The Hall–Kier alpha value is -2.10. The van der Waals surface area contributed by atoms with Crippen LogP contribution >= 0.6 is 0 Å². The van der Waals surface area contributed by atoms with Crippen molar-refractivity contribution >= 4 is 0 Å². The van der Waals surface area contributed by atoms with Crippen LogP contribution in [0.5, 0.6) is 5.75 Å². The van der Waals surface area contributed by atoms with Gasteiger partial charge in [0.2, 0.25) is 0 Å². The summed E-state index contributed by atoms with van der Waals surface area (Å²) < 4.78 is 5.38. The van der Waals surface area contributed by atoms with Crippen LogP contribution in [-0.4, -0.2) is 17.1 Å². The van der Waals surface area contributed by atoms with E-state index in [1.807, 2.05) is 32.0 Å². The molecule has 2 aromatic rings. The number of aromatic amines is 1. The lowest BCUT2D eigenvalue weighted by Crippen LogP contribution is -2.15. The summed E-state index contributed by atoms with van der Waals surface area (Å²) >= 11 is 0. The van der Waals surface area contributed by atoms with Gasteiger partial charge in [0.1, 0.15) is 5.75 Å². The first-order valence-electron chi connectivity index (χ1n) is 6.39. The SMILES string of the molecule is CCCc1c(-c2cc(C)ccc2OC)nc[nH]c1=O. The fourth-order valence-corrected chi connectivity index (χ4v) is 2.15. The molecule has 0 saturated carbocycles. The highest BCUT2D eigenvalue weighted by Crippen LogP contribution is 2.30. The van der Waals surface area contributed by atoms with E-state index in [1.54, 1.807) is 7.11 Å². The van der Waals surface area contributed by atoms with Crippen molar-refractivity contribution in [3.05, 3.63) is 46.0 Å². The van der Waals surface area contributed by atoms with Gasteiger partial charge in [0.15, 0.2) is 0 Å². The highest BCUT2D eigenvalue weighted by molar-refractivity contribution is 5.70. The van der Waals surface area contributed by atoms with Crippen molar-refractivity contribution in [1.29, 1.82) is 0 Å². The van der Waals surface area contributed by atoms with Crippen molar-refractivity contribution in [1.82, 2.24) is 9.97 Å². The summed E-state index contributed by atoms with van der Waals surface area (Å²) in [6, 6.07) is 5.89. The number of H-pyrrole nitrogens is 1. The van der Waals surface area contributed by atoms with E-state index in [0.29, 0.717) is 17.7 Å². The Balaban J connectivity index is 2.68. The van der Waals surface area contributed by atoms with Crippen LogP contribution in [0.4, 0.5) is 0 Å². The highest BCUT2D eigenvalue weighted by atomic mass is 16.5. The molecule has 0 fully saturated rings. The van der Waals surface area contributed by atoms with Crippen molar-refractivity contribution in [2.75, 3.05) is 7.11 Å². The van der Waals surface area contributed by atoms with E-state index in [9.17, 15) is 4.79 Å². The van der Waals surface area contributed by atoms with Gasteiger partial charge in [-0.05, 0) is 25.5 Å². The number of rotatable bonds is 4. The first-order valence-corrected chi connectivity index (χ1v) is 6.39. The van der Waals surface area contributed by atoms with Gasteiger partial charge >= 0.3 is 0 Å². The molecule has 0 amide bonds. The zero-order valence-electron chi connectivity index (χ0n) is 11.5. The van der Waals surface area contributed by atoms with E-state index >= 15 is 0 Å². The van der Waals surface area contributed by atoms with Gasteiger partial charge in [-0.25, -0.2) is 4.98 Å². The molecule has 0 bridgehead atoms. The molecule has 0 aliphatic heterocycles. The van der Waals surface area contributed by atoms with E-state index in [0.717, 1.165) is 23.3 Å². The molecule has 4 heteroatoms. The smallest absolute Gasteiger partial charge is 0.254 e. The Labute approximate surface area is 112 Å². The van der Waals surface area contributed by atoms with Crippen molar-refractivity contribution in [3.63, 3.8) is 0 Å². The molecule has 1 aromatic carbocycles. The summed E-state index contributed by atoms with van der Waals surface area (Å²) in [6.45, 7) is 4.05. The third-order valence-corrected chi connectivity index (χ3v) is 3.06. The second kappa shape index (κ2) is 5.69. The molecule has 0 radical (unpaired) electrons. The summed E-state index contributed by atoms with van der Waals surface area (Å²) in [4.78, 5) is 18.9. The van der Waals surface area contributed by atoms with Gasteiger partial charge in [-0.2, -0.15) is 0 Å². The molecule has 1 aromatic heterocycles. The molecular weight excluding hydrogens is 240 g/mol. The molecule has 19 heavy (non-hydrogen) atoms. The normalized spacial score (nSPS) is 10.5. The van der Waals surface area contributed by atoms with Crippen LogP contribution in [0.15, 0.2) is 29.3 Å². The van der Waals surface area contributed by atoms with Gasteiger partial charge in [0.05, 0.1) is 19.1 Å². The van der Waals surface area contributed by atoms with Crippen molar-refractivity contribution < 1.29 is 4.74 Å². The van der Waals surface area contributed by atoms with Crippen LogP contribution in [0.2, 0.25) is 0 Å². The first-order chi connectivity index (χ1) is 9.17. The summed E-state index contributed by atoms with van der Waals surface area (Å²) in [7, 11) is 1.63. The molecule has 0 aliphatic carbocycles. The number of methoxy groups -OCH3 is 1. The molecule has 100 valence electrons. The van der Waals surface area contributed by atoms with E-state index in [-0.39, 0.29) is 5.56 Å². The van der Waals surface area contributed by atoms with Gasteiger partial charge in [-0.1, -0.05) is 25.0 Å². The standard InChI is InChI=1S/C15H18N2O2/c1-4-5-11-14(16-9-17-15(11)18)12-8-10(2)6-7-13(12)19-3/h6-9H,4-5H2,1-3H3,(H,16,17,18). The number of ether oxygens (including phenoxy) is 1. The maximum atomic E-state index is 12.0. The Morgan fingerprint density at radius 1 is 1.37 bits per heavy atom. The summed E-state index contributed by atoms with van der Waals surface area (Å²) in [5.41, 5.74) is 3.34. The lowest BCUT2D eigenvalue weighted by Gasteiger charge is -2.11. The summed E-state index contributed by atoms with van der Waals surface area (Å²) in [5, 5.41) is 0. The molecule has 1 heterocycles. The zero-order chi connectivity index (χ0) is 13.8. The largest absolute Gasteiger partial charge is 0.496 e. The average Bonchev–Trinajstić information content (AvgIpc) is 2.41.